The van der Waals surface area contributed by atoms with E-state index in [1.807, 2.05) is 66.0 Å². The van der Waals surface area contributed by atoms with Gasteiger partial charge in [-0.25, -0.2) is 57.5 Å². The predicted molar refractivity (Wildman–Crippen MR) is 281 cm³/mol. The minimum absolute atomic E-state index is 0.0266. The molecule has 0 aliphatic carbocycles. The predicted octanol–water partition coefficient (Wildman–Crippen LogP) is 0.326. The summed E-state index contributed by atoms with van der Waals surface area (Å²) in [6, 6.07) is 28.1. The van der Waals surface area contributed by atoms with Gasteiger partial charge in [0.1, 0.15) is 36.2 Å². The highest BCUT2D eigenvalue weighted by Crippen LogP contribution is 2.27. The van der Waals surface area contributed by atoms with E-state index in [1.165, 1.54) is 48.5 Å². The molecule has 9 heterocycles. The number of fused-ring (bicyclic) bond motifs is 9. The number of nitrogens with zero attached hydrogens (tertiary/aromatic N) is 12. The number of carbonyl (C=O) groups excluding carboxylic acids is 3. The summed E-state index contributed by atoms with van der Waals surface area (Å²) in [7, 11) is 1.39. The topological polar surface area (TPSA) is 416 Å². The van der Waals surface area contributed by atoms with Crippen LogP contribution in [0.2, 0.25) is 0 Å². The molecule has 0 fully saturated rings. The largest absolute Gasteiger partial charge is 0.504 e. The first-order valence-electron chi connectivity index (χ1n) is 23.7. The molecule has 2 aromatic carbocycles. The first-order valence-corrected chi connectivity index (χ1v) is 23.7. The number of hydrogen-bond donors (Lipinski definition) is 9. The first-order chi connectivity index (χ1) is 38.9. The second-order valence-corrected chi connectivity index (χ2v) is 17.2. The summed E-state index contributed by atoms with van der Waals surface area (Å²) in [5.41, 5.74) is -0.362. The average Bonchev–Trinajstić information content (AvgIpc) is 4.11. The van der Waals surface area contributed by atoms with E-state index < -0.39 is 106 Å². The first kappa shape index (κ1) is 54.0. The van der Waals surface area contributed by atoms with Crippen LogP contribution in [0.4, 0.5) is 0 Å². The highest BCUT2D eigenvalue weighted by Gasteiger charge is 2.29. The van der Waals surface area contributed by atoms with E-state index in [2.05, 4.69) is 40.5 Å². The maximum Gasteiger partial charge on any atom is 0.322 e. The summed E-state index contributed by atoms with van der Waals surface area (Å²) in [5.74, 6) is -8.73. The lowest BCUT2D eigenvalue weighted by Crippen LogP contribution is -2.37. The molecule has 0 radical (unpaired) electrons. The summed E-state index contributed by atoms with van der Waals surface area (Å²) in [5, 5.41) is 63.9. The number of aryl methyl sites for hydroxylation is 1. The molecule has 0 aliphatic rings. The monoisotopic (exact) mass is 1100 g/mol. The third-order valence-electron chi connectivity index (χ3n) is 12.0. The van der Waals surface area contributed by atoms with Crippen LogP contribution < -0.4 is 32.6 Å². The van der Waals surface area contributed by atoms with E-state index in [-0.39, 0.29) is 35.7 Å². The SMILES string of the molecule is Cn1c(=O)c(C(=O)NCC(=O)O)c(O)c2nc3cccnc3n21.O=C(O)CNC(=O)c1c(O)c2nc3cccnc3n2n(Cc2ccccc2)c1=O.O=C(O)CNC(=O)c1c(O)c2nc3ncccc3n2n(Cc2ccccc2)c1=O. The number of aromatic hydroxyl groups is 3. The van der Waals surface area contributed by atoms with Gasteiger partial charge >= 0.3 is 17.9 Å². The fourth-order valence-corrected chi connectivity index (χ4v) is 8.40. The van der Waals surface area contributed by atoms with Crippen molar-refractivity contribution in [2.24, 2.45) is 7.05 Å². The van der Waals surface area contributed by atoms with Crippen LogP contribution >= 0.6 is 0 Å². The van der Waals surface area contributed by atoms with Crippen LogP contribution in [0.25, 0.3) is 50.4 Å². The van der Waals surface area contributed by atoms with Crippen molar-refractivity contribution >= 4 is 86.1 Å². The van der Waals surface area contributed by atoms with E-state index in [0.29, 0.717) is 27.8 Å². The fourth-order valence-electron chi connectivity index (χ4n) is 8.40. The molecular weight excluding hydrogens is 1060 g/mol. The number of pyridine rings is 3. The molecule has 3 amide bonds. The zero-order valence-corrected chi connectivity index (χ0v) is 41.7. The third-order valence-corrected chi connectivity index (χ3v) is 12.0. The molecule has 0 spiro atoms. The van der Waals surface area contributed by atoms with Gasteiger partial charge in [0.15, 0.2) is 67.8 Å². The van der Waals surface area contributed by atoms with E-state index >= 15 is 0 Å². The average molecular weight is 1100 g/mol. The zero-order valence-electron chi connectivity index (χ0n) is 41.7. The number of rotatable bonds is 13. The lowest BCUT2D eigenvalue weighted by Gasteiger charge is -2.14. The maximum absolute atomic E-state index is 13.2. The molecule has 81 heavy (non-hydrogen) atoms. The highest BCUT2D eigenvalue weighted by molar-refractivity contribution is 6.02. The van der Waals surface area contributed by atoms with Crippen LogP contribution in [0.15, 0.2) is 130 Å². The number of aliphatic carboxylic acids is 3. The molecule has 30 heteroatoms. The van der Waals surface area contributed by atoms with Crippen molar-refractivity contribution in [3.05, 3.63) is 175 Å². The molecular formula is C51H41N15O15. The minimum atomic E-state index is -1.28. The van der Waals surface area contributed by atoms with Crippen molar-refractivity contribution in [3.63, 3.8) is 0 Å². The fraction of sp³-hybridized carbons (Fsp3) is 0.118. The third kappa shape index (κ3) is 10.5. The number of carboxylic acid groups (broad SMARTS) is 3. The van der Waals surface area contributed by atoms with Gasteiger partial charge in [-0.3, -0.25) is 43.2 Å². The molecule has 0 saturated heterocycles. The Morgan fingerprint density at radius 3 is 1.28 bits per heavy atom. The molecule has 11 rings (SSSR count). The second kappa shape index (κ2) is 22.4. The van der Waals surface area contributed by atoms with Crippen LogP contribution in [0.1, 0.15) is 42.2 Å². The number of amides is 3. The standard InChI is InChI=1S/2C19H15N5O5.C13H11N5O5/c25-13(26)9-21-18(28)14-15(27)17-22-16-12(7-4-8-20-16)24(17)23(19(14)29)10-11-5-2-1-3-6-11;25-13(26)9-21-18(28)14-15(27)17-22-12-7-4-8-20-16(12)24(17)23(19(14)29)10-11-5-2-1-3-6-11;1-17-13(23)8(12(22)15-5-7(19)20)9(21)11-16-6-3-2-4-14-10(6)18(11)17/h2*1-8,27H,9-10H2,(H,21,28)(H,25,26);2-4,21H,5H2,1H3,(H,15,22)(H,19,20). The van der Waals surface area contributed by atoms with Crippen LogP contribution in [-0.4, -0.2) is 143 Å². The molecule has 9 N–H and O–H groups in total. The minimum Gasteiger partial charge on any atom is -0.504 e. The maximum atomic E-state index is 13.2. The Morgan fingerprint density at radius 1 is 0.444 bits per heavy atom. The summed E-state index contributed by atoms with van der Waals surface area (Å²) in [6.45, 7) is -1.89. The quantitative estimate of drug-likeness (QED) is 0.0751. The smallest absolute Gasteiger partial charge is 0.322 e. The van der Waals surface area contributed by atoms with Crippen molar-refractivity contribution in [2.45, 2.75) is 13.1 Å². The van der Waals surface area contributed by atoms with Crippen molar-refractivity contribution in [2.75, 3.05) is 19.6 Å². The van der Waals surface area contributed by atoms with Crippen LogP contribution in [0, 0.1) is 0 Å². The molecule has 30 nitrogen and oxygen atoms in total. The Labute approximate surface area is 449 Å². The number of aromatic nitrogens is 12. The number of carboxylic acids is 3. The summed E-state index contributed by atoms with van der Waals surface area (Å²) in [4.78, 5) is 133. The van der Waals surface area contributed by atoms with Gasteiger partial charge < -0.3 is 46.6 Å². The number of nitrogens with one attached hydrogen (secondary N) is 3. The molecule has 11 aromatic rings. The Hall–Kier alpha value is -11.9. The number of hydrogen-bond acceptors (Lipinski definition) is 18. The van der Waals surface area contributed by atoms with Gasteiger partial charge in [-0.1, -0.05) is 60.7 Å². The van der Waals surface area contributed by atoms with Gasteiger partial charge in [-0.2, -0.15) is 0 Å². The van der Waals surface area contributed by atoms with Crippen LogP contribution in [0.5, 0.6) is 17.2 Å². The summed E-state index contributed by atoms with van der Waals surface area (Å²) < 4.78 is 7.61. The Bertz CT molecular complexity index is 4340. The number of benzene rings is 2. The Morgan fingerprint density at radius 2 is 0.827 bits per heavy atom. The highest BCUT2D eigenvalue weighted by atomic mass is 16.4. The van der Waals surface area contributed by atoms with Crippen molar-refractivity contribution in [1.29, 1.82) is 0 Å². The van der Waals surface area contributed by atoms with Gasteiger partial charge in [0.05, 0.1) is 13.1 Å². The van der Waals surface area contributed by atoms with Gasteiger partial charge in [-0.15, -0.1) is 0 Å². The Balaban J connectivity index is 0.000000148. The molecule has 0 bridgehead atoms. The normalized spacial score (nSPS) is 11.0. The van der Waals surface area contributed by atoms with E-state index in [1.54, 1.807) is 36.4 Å². The van der Waals surface area contributed by atoms with Gasteiger partial charge in [0.2, 0.25) is 0 Å². The second-order valence-electron chi connectivity index (χ2n) is 17.2. The van der Waals surface area contributed by atoms with Gasteiger partial charge in [0.25, 0.3) is 34.4 Å². The van der Waals surface area contributed by atoms with Crippen molar-refractivity contribution in [1.82, 2.24) is 73.4 Å². The molecule has 9 aromatic heterocycles. The number of carbonyl (C=O) groups is 6. The van der Waals surface area contributed by atoms with E-state index in [9.17, 15) is 58.5 Å². The summed E-state index contributed by atoms with van der Waals surface area (Å²) in [6.07, 6.45) is 4.55. The molecule has 0 atom stereocenters. The lowest BCUT2D eigenvalue weighted by molar-refractivity contribution is -0.136. The molecule has 0 aliphatic heterocycles. The van der Waals surface area contributed by atoms with Gasteiger partial charge in [-0.05, 0) is 47.5 Å². The molecule has 0 saturated carbocycles. The van der Waals surface area contributed by atoms with Crippen LogP contribution in [-0.2, 0) is 34.5 Å². The van der Waals surface area contributed by atoms with E-state index in [4.69, 9.17) is 15.3 Å². The zero-order chi connectivity index (χ0) is 57.8. The summed E-state index contributed by atoms with van der Waals surface area (Å²) >= 11 is 0. The Kier molecular flexibility index (Phi) is 14.9. The number of imidazole rings is 3. The molecule has 0 unspecified atom stereocenters. The van der Waals surface area contributed by atoms with Crippen molar-refractivity contribution < 1.29 is 59.4 Å². The van der Waals surface area contributed by atoms with Crippen LogP contribution in [0.3, 0.4) is 0 Å². The van der Waals surface area contributed by atoms with E-state index in [0.717, 1.165) is 15.8 Å². The van der Waals surface area contributed by atoms with Crippen molar-refractivity contribution in [3.8, 4) is 17.2 Å². The molecule has 410 valence electrons. The van der Waals surface area contributed by atoms with Gasteiger partial charge in [0, 0.05) is 25.6 Å². The lowest BCUT2D eigenvalue weighted by atomic mass is 10.2.